The SMILES string of the molecule is CCCOC1(C#N)OC1C(C)(C#N)N=NC(C)(C#N)C1OC1(C#N)OCCC. The minimum Gasteiger partial charge on any atom is -0.336 e. The summed E-state index contributed by atoms with van der Waals surface area (Å²) in [7, 11) is 0. The van der Waals surface area contributed by atoms with Crippen molar-refractivity contribution >= 4 is 0 Å². The van der Waals surface area contributed by atoms with E-state index in [1.807, 2.05) is 38.1 Å². The maximum Gasteiger partial charge on any atom is 0.290 e. The molecule has 2 heterocycles. The number of nitrogens with zero attached hydrogens (tertiary/aromatic N) is 6. The molecular formula is C18H22N6O4. The third kappa shape index (κ3) is 3.69. The molecule has 0 N–H and O–H groups in total. The van der Waals surface area contributed by atoms with Crippen molar-refractivity contribution in [1.29, 1.82) is 21.0 Å². The number of epoxide rings is 2. The predicted molar refractivity (Wildman–Crippen MR) is 91.8 cm³/mol. The van der Waals surface area contributed by atoms with Crippen LogP contribution in [-0.4, -0.2) is 48.1 Å². The fourth-order valence-electron chi connectivity index (χ4n) is 2.69. The second kappa shape index (κ2) is 7.80. The molecule has 28 heavy (non-hydrogen) atoms. The van der Waals surface area contributed by atoms with Gasteiger partial charge in [-0.25, -0.2) is 0 Å². The molecule has 2 rings (SSSR count). The molecule has 6 atom stereocenters. The molecule has 0 aliphatic carbocycles. The summed E-state index contributed by atoms with van der Waals surface area (Å²) in [6.45, 7) is 7.20. The van der Waals surface area contributed by atoms with Crippen molar-refractivity contribution in [3.05, 3.63) is 0 Å². The van der Waals surface area contributed by atoms with Crippen molar-refractivity contribution in [3.8, 4) is 24.3 Å². The zero-order chi connectivity index (χ0) is 21.1. The molecule has 2 aliphatic rings. The number of azo groups is 1. The summed E-state index contributed by atoms with van der Waals surface area (Å²) in [5, 5.41) is 45.9. The van der Waals surface area contributed by atoms with Gasteiger partial charge in [0.05, 0.1) is 25.4 Å². The minimum atomic E-state index is -1.56. The molecule has 2 fully saturated rings. The summed E-state index contributed by atoms with van der Waals surface area (Å²) < 4.78 is 21.5. The molecule has 0 aromatic rings. The number of hydrogen-bond donors (Lipinski definition) is 0. The number of hydrogen-bond acceptors (Lipinski definition) is 10. The third-order valence-corrected chi connectivity index (χ3v) is 4.45. The van der Waals surface area contributed by atoms with E-state index in [2.05, 4.69) is 10.2 Å². The first-order valence-electron chi connectivity index (χ1n) is 8.98. The van der Waals surface area contributed by atoms with Crippen LogP contribution in [0.4, 0.5) is 0 Å². The fourth-order valence-corrected chi connectivity index (χ4v) is 2.69. The van der Waals surface area contributed by atoms with E-state index >= 15 is 0 Å². The van der Waals surface area contributed by atoms with Gasteiger partial charge in [-0.2, -0.15) is 31.3 Å². The van der Waals surface area contributed by atoms with Crippen LogP contribution in [0, 0.1) is 45.3 Å². The molecule has 6 unspecified atom stereocenters. The van der Waals surface area contributed by atoms with Gasteiger partial charge in [-0.05, 0) is 26.7 Å². The standard InChI is InChI=1S/C18H22N6O4/c1-5-7-25-17(11-21)13(27-17)15(3,9-19)23-24-16(4,10-20)14-18(12-22,28-14)26-8-6-2/h13-14H,5-8H2,1-4H3. The number of rotatable bonds is 10. The van der Waals surface area contributed by atoms with E-state index in [9.17, 15) is 21.0 Å². The lowest BCUT2D eigenvalue weighted by atomic mass is 9.96. The zero-order valence-corrected chi connectivity index (χ0v) is 16.3. The van der Waals surface area contributed by atoms with E-state index in [1.165, 1.54) is 13.8 Å². The van der Waals surface area contributed by atoms with Gasteiger partial charge in [0.15, 0.2) is 23.3 Å². The molecule has 0 bridgehead atoms. The summed E-state index contributed by atoms with van der Waals surface area (Å²) in [6.07, 6.45) is -0.566. The third-order valence-electron chi connectivity index (χ3n) is 4.45. The molecule has 0 spiro atoms. The van der Waals surface area contributed by atoms with E-state index in [0.717, 1.165) is 0 Å². The van der Waals surface area contributed by atoms with E-state index in [4.69, 9.17) is 18.9 Å². The van der Waals surface area contributed by atoms with Crippen LogP contribution in [-0.2, 0) is 18.9 Å². The quantitative estimate of drug-likeness (QED) is 0.407. The van der Waals surface area contributed by atoms with Crippen molar-refractivity contribution in [3.63, 3.8) is 0 Å². The van der Waals surface area contributed by atoms with Crippen LogP contribution in [0.3, 0.4) is 0 Å². The molecule has 2 saturated heterocycles. The Bertz CT molecular complexity index is 741. The normalized spacial score (nSPS) is 34.9. The van der Waals surface area contributed by atoms with Gasteiger partial charge >= 0.3 is 0 Å². The van der Waals surface area contributed by atoms with E-state index < -0.39 is 34.9 Å². The lowest BCUT2D eigenvalue weighted by molar-refractivity contribution is -0.00243. The lowest BCUT2D eigenvalue weighted by Gasteiger charge is -2.18. The topological polar surface area (TPSA) is 163 Å². The first-order valence-corrected chi connectivity index (χ1v) is 8.98. The van der Waals surface area contributed by atoms with Gasteiger partial charge in [0, 0.05) is 0 Å². The van der Waals surface area contributed by atoms with Crippen LogP contribution in [0.25, 0.3) is 0 Å². The minimum absolute atomic E-state index is 0.286. The Kier molecular flexibility index (Phi) is 6.04. The highest BCUT2D eigenvalue weighted by molar-refractivity contribution is 5.28. The average molecular weight is 386 g/mol. The van der Waals surface area contributed by atoms with Crippen LogP contribution < -0.4 is 0 Å². The first kappa shape index (κ1) is 21.7. The highest BCUT2D eigenvalue weighted by atomic mass is 16.8. The molecule has 0 radical (unpaired) electrons. The Labute approximate surface area is 163 Å². The Morgan fingerprint density at radius 2 is 1.18 bits per heavy atom. The predicted octanol–water partition coefficient (Wildman–Crippen LogP) is 2.09. The van der Waals surface area contributed by atoms with Gasteiger partial charge in [0.25, 0.3) is 11.6 Å². The van der Waals surface area contributed by atoms with Gasteiger partial charge in [0.2, 0.25) is 0 Å². The molecule has 10 heteroatoms. The van der Waals surface area contributed by atoms with E-state index in [0.29, 0.717) is 12.8 Å². The van der Waals surface area contributed by atoms with Crippen molar-refractivity contribution < 1.29 is 18.9 Å². The van der Waals surface area contributed by atoms with Gasteiger partial charge in [-0.3, -0.25) is 0 Å². The Morgan fingerprint density at radius 1 is 0.821 bits per heavy atom. The zero-order valence-electron chi connectivity index (χ0n) is 16.3. The Balaban J connectivity index is 2.20. The average Bonchev–Trinajstić information content (AvgIpc) is 3.63. The van der Waals surface area contributed by atoms with Crippen molar-refractivity contribution in [2.24, 2.45) is 10.2 Å². The molecule has 0 aromatic heterocycles. The highest BCUT2D eigenvalue weighted by Crippen LogP contribution is 2.48. The summed E-state index contributed by atoms with van der Waals surface area (Å²) >= 11 is 0. The van der Waals surface area contributed by atoms with Gasteiger partial charge in [-0.15, -0.1) is 0 Å². The second-order valence-corrected chi connectivity index (χ2v) is 6.97. The maximum absolute atomic E-state index is 9.60. The van der Waals surface area contributed by atoms with E-state index in [1.54, 1.807) is 0 Å². The van der Waals surface area contributed by atoms with E-state index in [-0.39, 0.29) is 13.2 Å². The van der Waals surface area contributed by atoms with Crippen LogP contribution in [0.2, 0.25) is 0 Å². The van der Waals surface area contributed by atoms with Crippen LogP contribution in [0.1, 0.15) is 40.5 Å². The molecule has 2 aliphatic heterocycles. The molecule has 0 saturated carbocycles. The second-order valence-electron chi connectivity index (χ2n) is 6.97. The lowest BCUT2D eigenvalue weighted by Crippen LogP contribution is -2.37. The summed E-state index contributed by atoms with van der Waals surface area (Å²) in [4.78, 5) is 0. The van der Waals surface area contributed by atoms with Crippen molar-refractivity contribution in [1.82, 2.24) is 0 Å². The summed E-state index contributed by atoms with van der Waals surface area (Å²) in [5.74, 6) is -3.11. The number of nitriles is 4. The fraction of sp³-hybridized carbons (Fsp3) is 0.778. The van der Waals surface area contributed by atoms with Gasteiger partial charge < -0.3 is 18.9 Å². The molecular weight excluding hydrogens is 364 g/mol. The molecule has 0 aromatic carbocycles. The van der Waals surface area contributed by atoms with Crippen molar-refractivity contribution in [2.45, 2.75) is 75.4 Å². The molecule has 10 nitrogen and oxygen atoms in total. The van der Waals surface area contributed by atoms with Crippen LogP contribution >= 0.6 is 0 Å². The molecule has 148 valence electrons. The summed E-state index contributed by atoms with van der Waals surface area (Å²) in [6, 6.07) is 7.77. The van der Waals surface area contributed by atoms with Gasteiger partial charge in [-0.1, -0.05) is 13.8 Å². The summed E-state index contributed by atoms with van der Waals surface area (Å²) in [5.41, 5.74) is -3.12. The van der Waals surface area contributed by atoms with Crippen molar-refractivity contribution in [2.75, 3.05) is 13.2 Å². The Hall–Kier alpha value is -2.60. The smallest absolute Gasteiger partial charge is 0.290 e. The monoisotopic (exact) mass is 386 g/mol. The molecule has 0 amide bonds. The van der Waals surface area contributed by atoms with Crippen LogP contribution in [0.15, 0.2) is 10.2 Å². The highest BCUT2D eigenvalue weighted by Gasteiger charge is 2.71. The number of ether oxygens (including phenoxy) is 4. The largest absolute Gasteiger partial charge is 0.336 e. The van der Waals surface area contributed by atoms with Gasteiger partial charge in [0.1, 0.15) is 12.1 Å². The van der Waals surface area contributed by atoms with Crippen LogP contribution in [0.5, 0.6) is 0 Å². The first-order chi connectivity index (χ1) is 13.2. The maximum atomic E-state index is 9.60. The Morgan fingerprint density at radius 3 is 1.43 bits per heavy atom.